The topological polar surface area (TPSA) is 54.4 Å². The van der Waals surface area contributed by atoms with Gasteiger partial charge in [0, 0.05) is 12.8 Å². The van der Waals surface area contributed by atoms with Crippen molar-refractivity contribution in [2.75, 3.05) is 27.7 Å². The first-order valence-corrected chi connectivity index (χ1v) is 4.20. The number of quaternary nitrogens is 1. The van der Waals surface area contributed by atoms with E-state index in [0.717, 1.165) is 0 Å². The van der Waals surface area contributed by atoms with Crippen molar-refractivity contribution in [2.24, 2.45) is 0 Å². The van der Waals surface area contributed by atoms with Crippen LogP contribution in [0, 0.1) is 0 Å². The Labute approximate surface area is 80.6 Å². The normalized spacial score (nSPS) is 27.0. The van der Waals surface area contributed by atoms with E-state index in [2.05, 4.69) is 5.11 Å². The van der Waals surface area contributed by atoms with Crippen LogP contribution in [0.1, 0.15) is 14.2 Å². The monoisotopic (exact) mass is 188 g/mol. The molecule has 1 fully saturated rings. The van der Waals surface area contributed by atoms with Crippen molar-refractivity contribution in [3.8, 4) is 0 Å². The summed E-state index contributed by atoms with van der Waals surface area (Å²) in [5.41, 5.74) is -1.53. The molecule has 1 aliphatic rings. The van der Waals surface area contributed by atoms with Gasteiger partial charge in [-0.2, -0.15) is 0 Å². The van der Waals surface area contributed by atoms with Gasteiger partial charge in [0.1, 0.15) is 6.58 Å². The number of rotatable bonds is 3. The lowest BCUT2D eigenvalue weighted by Crippen LogP contribution is -2.65. The minimum absolute atomic E-state index is 0.00227. The van der Waals surface area contributed by atoms with E-state index in [0.29, 0.717) is 0 Å². The molecule has 0 bridgehead atoms. The fraction of sp³-hybridized carbons (Fsp3) is 0.778. The maximum Gasteiger partial charge on any atom is 0.239 e. The van der Waals surface area contributed by atoms with E-state index < -0.39 is 12.1 Å². The molecular weight excluding hydrogens is 170 g/mol. The van der Waals surface area contributed by atoms with Gasteiger partial charge >= 0.3 is 0 Å². The maximum absolute atomic E-state index is 11.8. The number of Topliss-reactive ketones (excluding diaryl/α,β-unsaturated/α-hetero) is 2. The van der Waals surface area contributed by atoms with Gasteiger partial charge in [-0.3, -0.25) is 9.59 Å². The van der Waals surface area contributed by atoms with E-state index >= 15 is 0 Å². The number of aliphatic hydroxyl groups excluding tert-OH is 1. The molecule has 4 nitrogen and oxygen atoms in total. The molecule has 0 aromatic carbocycles. The van der Waals surface area contributed by atoms with Crippen LogP contribution in [-0.4, -0.2) is 55.9 Å². The second kappa shape index (κ2) is 2.89. The van der Waals surface area contributed by atoms with Gasteiger partial charge in [0.25, 0.3) is 0 Å². The van der Waals surface area contributed by atoms with E-state index in [9.17, 15) is 9.59 Å². The third kappa shape index (κ3) is 1.21. The molecular formula is C9H16NO3+. The lowest BCUT2D eigenvalue weighted by Gasteiger charge is -2.39. The second-order valence-corrected chi connectivity index (χ2v) is 4.24. The molecule has 0 saturated heterocycles. The van der Waals surface area contributed by atoms with E-state index in [1.165, 1.54) is 0 Å². The molecule has 0 aliphatic heterocycles. The van der Waals surface area contributed by atoms with Crippen molar-refractivity contribution in [2.45, 2.75) is 18.4 Å². The number of hydrogen-bond acceptors (Lipinski definition) is 3. The van der Waals surface area contributed by atoms with Crippen LogP contribution in [0.3, 0.4) is 0 Å². The van der Waals surface area contributed by atoms with Crippen molar-refractivity contribution in [1.29, 1.82) is 1.43 Å². The Hall–Kier alpha value is -0.740. The van der Waals surface area contributed by atoms with Crippen LogP contribution >= 0.6 is 0 Å². The van der Waals surface area contributed by atoms with Crippen LogP contribution in [0.5, 0.6) is 0 Å². The first-order chi connectivity index (χ1) is 6.78. The Morgan fingerprint density at radius 2 is 1.92 bits per heavy atom. The maximum atomic E-state index is 11.8. The van der Waals surface area contributed by atoms with Gasteiger partial charge in [-0.15, -0.1) is 0 Å². The summed E-state index contributed by atoms with van der Waals surface area (Å²) < 4.78 is 14.4. The van der Waals surface area contributed by atoms with Crippen molar-refractivity contribution < 1.29 is 20.6 Å². The molecule has 0 spiro atoms. The predicted molar refractivity (Wildman–Crippen MR) is 47.1 cm³/mol. The zero-order valence-corrected chi connectivity index (χ0v) is 8.16. The Bertz CT molecular complexity index is 282. The Kier molecular flexibility index (Phi) is 1.70. The predicted octanol–water partition coefficient (Wildman–Crippen LogP) is -0.644. The number of carbonyl (C=O) groups excluding carboxylic acids is 2. The number of nitrogens with zero attached hydrogens (tertiary/aromatic N) is 1. The molecule has 13 heavy (non-hydrogen) atoms. The first-order valence-electron chi connectivity index (χ1n) is 5.19. The van der Waals surface area contributed by atoms with Crippen molar-refractivity contribution in [3.63, 3.8) is 0 Å². The molecule has 1 unspecified atom stereocenters. The number of hydrogen-bond donors (Lipinski definition) is 1. The summed E-state index contributed by atoms with van der Waals surface area (Å²) >= 11 is 0. The Morgan fingerprint density at radius 3 is 2.23 bits per heavy atom. The molecule has 0 aromatic rings. The third-order valence-corrected chi connectivity index (χ3v) is 2.66. The van der Waals surface area contributed by atoms with E-state index in [-0.39, 0.29) is 28.9 Å². The molecule has 0 amide bonds. The summed E-state index contributed by atoms with van der Waals surface area (Å²) in [5.74, 6) is -0.598. The van der Waals surface area contributed by atoms with Crippen LogP contribution in [0.25, 0.3) is 0 Å². The van der Waals surface area contributed by atoms with Gasteiger partial charge in [-0.1, -0.05) is 0 Å². The van der Waals surface area contributed by atoms with E-state index in [1.807, 2.05) is 0 Å². The summed E-state index contributed by atoms with van der Waals surface area (Å²) in [6.45, 7) is -1.46. The highest BCUT2D eigenvalue weighted by Gasteiger charge is 2.59. The van der Waals surface area contributed by atoms with E-state index in [4.69, 9.17) is 2.80 Å². The first kappa shape index (κ1) is 7.64. The highest BCUT2D eigenvalue weighted by Crippen LogP contribution is 2.30. The molecule has 0 radical (unpaired) electrons. The molecule has 1 aliphatic carbocycles. The molecule has 1 saturated carbocycles. The largest absolute Gasteiger partial charge is 0.389 e. The minimum Gasteiger partial charge on any atom is -0.389 e. The van der Waals surface area contributed by atoms with Crippen molar-refractivity contribution in [3.05, 3.63) is 0 Å². The molecule has 1 atom stereocenters. The average Bonchev–Trinajstić information content (AvgIpc) is 2.41. The lowest BCUT2D eigenvalue weighted by molar-refractivity contribution is -0.902. The van der Waals surface area contributed by atoms with Gasteiger partial charge < -0.3 is 9.59 Å². The number of likely N-dealkylation sites (N-methyl/N-ethyl adjacent to an activating group) is 1. The SMILES string of the molecule is [2H]OC([2H])C1([N+](C)(C)C)C(=O)CCC1=O. The zero-order valence-electron chi connectivity index (χ0n) is 10.2. The molecule has 1 rings (SSSR count). The average molecular weight is 188 g/mol. The van der Waals surface area contributed by atoms with Crippen LogP contribution in [-0.2, 0) is 9.59 Å². The van der Waals surface area contributed by atoms with Gasteiger partial charge in [0.15, 0.2) is 0 Å². The molecule has 0 heterocycles. The Balaban J connectivity index is 3.29. The number of carbonyl (C=O) groups is 2. The number of ketones is 2. The van der Waals surface area contributed by atoms with Gasteiger partial charge in [0.05, 0.1) is 22.5 Å². The zero-order chi connectivity index (χ0) is 11.9. The van der Waals surface area contributed by atoms with Gasteiger partial charge in [0.2, 0.25) is 18.5 Å². The van der Waals surface area contributed by atoms with Crippen molar-refractivity contribution >= 4 is 11.6 Å². The molecule has 1 N–H and O–H groups in total. The summed E-state index contributed by atoms with van der Waals surface area (Å²) in [6.07, 6.45) is 0.292. The lowest BCUT2D eigenvalue weighted by atomic mass is 9.92. The molecule has 4 heteroatoms. The highest BCUT2D eigenvalue weighted by molar-refractivity contribution is 6.16. The fourth-order valence-corrected chi connectivity index (χ4v) is 1.80. The van der Waals surface area contributed by atoms with Crippen LogP contribution < -0.4 is 0 Å². The van der Waals surface area contributed by atoms with Gasteiger partial charge in [-0.25, -0.2) is 0 Å². The van der Waals surface area contributed by atoms with Crippen LogP contribution in [0.4, 0.5) is 0 Å². The second-order valence-electron chi connectivity index (χ2n) is 4.24. The summed E-state index contributed by atoms with van der Waals surface area (Å²) in [5, 5.41) is 4.16. The van der Waals surface area contributed by atoms with Gasteiger partial charge in [-0.05, 0) is 0 Å². The minimum atomic E-state index is -1.53. The van der Waals surface area contributed by atoms with Crippen molar-refractivity contribution in [1.82, 2.24) is 0 Å². The number of aliphatic hydroxyl groups is 1. The Morgan fingerprint density at radius 1 is 1.46 bits per heavy atom. The molecule has 0 aromatic heterocycles. The quantitative estimate of drug-likeness (QED) is 0.473. The van der Waals surface area contributed by atoms with Crippen LogP contribution in [0.15, 0.2) is 0 Å². The summed E-state index contributed by atoms with van der Waals surface area (Å²) in [4.78, 5) is 23.7. The molecule has 74 valence electrons. The van der Waals surface area contributed by atoms with E-state index in [1.54, 1.807) is 21.1 Å². The third-order valence-electron chi connectivity index (χ3n) is 2.66. The smallest absolute Gasteiger partial charge is 0.239 e. The summed E-state index contributed by atoms with van der Waals surface area (Å²) in [6, 6.07) is 0. The standard InChI is InChI=1S/C9H16NO3/c1-10(2,3)9(6-11)7(12)4-5-8(9)13/h11H,4-6H2,1-3H3/q+1/i6D,11D. The van der Waals surface area contributed by atoms with Crippen LogP contribution in [0.2, 0.25) is 0 Å². The summed E-state index contributed by atoms with van der Waals surface area (Å²) in [7, 11) is 5.00. The fourth-order valence-electron chi connectivity index (χ4n) is 1.80. The highest BCUT2D eigenvalue weighted by atomic mass is 16.3.